The molecule has 0 aliphatic heterocycles. The van der Waals surface area contributed by atoms with E-state index < -0.39 is 0 Å². The summed E-state index contributed by atoms with van der Waals surface area (Å²) in [5.41, 5.74) is 4.64. The summed E-state index contributed by atoms with van der Waals surface area (Å²) in [5, 5.41) is 0.814. The number of rotatable bonds is 2. The Hall–Kier alpha value is -0.730. The van der Waals surface area contributed by atoms with Gasteiger partial charge in [0.15, 0.2) is 0 Å². The summed E-state index contributed by atoms with van der Waals surface area (Å²) in [6, 6.07) is 6.18. The molecule has 1 aromatic heterocycles. The second kappa shape index (κ2) is 4.87. The first-order valence-corrected chi connectivity index (χ1v) is 6.74. The summed E-state index contributed by atoms with van der Waals surface area (Å²) in [7, 11) is 0. The lowest BCUT2D eigenvalue weighted by atomic mass is 10.00. The zero-order chi connectivity index (χ0) is 12.6. The molecule has 0 amide bonds. The van der Waals surface area contributed by atoms with Crippen molar-refractivity contribution in [2.75, 3.05) is 0 Å². The van der Waals surface area contributed by atoms with E-state index in [0.29, 0.717) is 0 Å². The molecule has 0 aliphatic rings. The van der Waals surface area contributed by atoms with Crippen molar-refractivity contribution < 1.29 is 4.42 Å². The van der Waals surface area contributed by atoms with E-state index >= 15 is 0 Å². The third-order valence-corrected chi connectivity index (χ3v) is 4.29. The van der Waals surface area contributed by atoms with Gasteiger partial charge in [-0.25, -0.2) is 0 Å². The number of hydrogen-bond donors (Lipinski definition) is 0. The standard InChI is InChI=1S/C14H14BrClO/c1-8-5-13(16)9(2)4-12(8)14(15)11-6-10(3)17-7-11/h4-7,14H,1-3H3. The van der Waals surface area contributed by atoms with Crippen LogP contribution in [0.5, 0.6) is 0 Å². The molecule has 1 atom stereocenters. The van der Waals surface area contributed by atoms with Crippen molar-refractivity contribution in [1.82, 2.24) is 0 Å². The molecule has 0 radical (unpaired) electrons. The van der Waals surface area contributed by atoms with E-state index in [1.165, 1.54) is 11.1 Å². The van der Waals surface area contributed by atoms with Crippen LogP contribution in [0.2, 0.25) is 5.02 Å². The van der Waals surface area contributed by atoms with Crippen LogP contribution < -0.4 is 0 Å². The molecule has 3 heteroatoms. The first-order chi connectivity index (χ1) is 7.99. The molecule has 1 unspecified atom stereocenters. The predicted octanol–water partition coefficient (Wildman–Crippen LogP) is 5.34. The quantitative estimate of drug-likeness (QED) is 0.682. The van der Waals surface area contributed by atoms with Crippen molar-refractivity contribution in [1.29, 1.82) is 0 Å². The lowest BCUT2D eigenvalue weighted by molar-refractivity contribution is 0.532. The number of benzene rings is 1. The molecular formula is C14H14BrClO. The van der Waals surface area contributed by atoms with E-state index in [2.05, 4.69) is 28.9 Å². The highest BCUT2D eigenvalue weighted by molar-refractivity contribution is 9.09. The number of aryl methyl sites for hydroxylation is 3. The Morgan fingerprint density at radius 3 is 2.41 bits per heavy atom. The number of furan rings is 1. The summed E-state index contributed by atoms with van der Waals surface area (Å²) in [5.74, 6) is 0.924. The predicted molar refractivity (Wildman–Crippen MR) is 75.1 cm³/mol. The van der Waals surface area contributed by atoms with E-state index in [0.717, 1.165) is 21.9 Å². The molecule has 1 aromatic carbocycles. The van der Waals surface area contributed by atoms with E-state index in [1.807, 2.05) is 26.0 Å². The highest BCUT2D eigenvalue weighted by atomic mass is 79.9. The van der Waals surface area contributed by atoms with Crippen molar-refractivity contribution in [2.24, 2.45) is 0 Å². The van der Waals surface area contributed by atoms with E-state index in [1.54, 1.807) is 6.26 Å². The third kappa shape index (κ3) is 2.58. The maximum Gasteiger partial charge on any atom is 0.101 e. The van der Waals surface area contributed by atoms with E-state index in [4.69, 9.17) is 16.0 Å². The maximum atomic E-state index is 6.11. The van der Waals surface area contributed by atoms with Crippen LogP contribution in [0.1, 0.15) is 32.8 Å². The Balaban J connectivity index is 2.43. The number of halogens is 2. The van der Waals surface area contributed by atoms with Gasteiger partial charge in [-0.1, -0.05) is 33.6 Å². The third-order valence-electron chi connectivity index (χ3n) is 2.86. The molecule has 2 aromatic rings. The molecule has 0 saturated heterocycles. The Morgan fingerprint density at radius 2 is 1.82 bits per heavy atom. The van der Waals surface area contributed by atoms with Gasteiger partial charge in [0.2, 0.25) is 0 Å². The zero-order valence-corrected chi connectivity index (χ0v) is 12.4. The Bertz CT molecular complexity index is 545. The molecule has 1 heterocycles. The van der Waals surface area contributed by atoms with Crippen molar-refractivity contribution in [3.05, 3.63) is 57.5 Å². The van der Waals surface area contributed by atoms with Gasteiger partial charge in [-0.15, -0.1) is 0 Å². The van der Waals surface area contributed by atoms with Crippen molar-refractivity contribution >= 4 is 27.5 Å². The summed E-state index contributed by atoms with van der Waals surface area (Å²) in [6.45, 7) is 6.04. The average Bonchev–Trinajstić information content (AvgIpc) is 2.69. The number of alkyl halides is 1. The molecule has 0 N–H and O–H groups in total. The molecule has 0 fully saturated rings. The number of hydrogen-bond acceptors (Lipinski definition) is 1. The molecule has 0 bridgehead atoms. The monoisotopic (exact) mass is 312 g/mol. The molecular weight excluding hydrogens is 300 g/mol. The van der Waals surface area contributed by atoms with Crippen LogP contribution in [0.3, 0.4) is 0 Å². The summed E-state index contributed by atoms with van der Waals surface area (Å²) in [4.78, 5) is 0.149. The highest BCUT2D eigenvalue weighted by Gasteiger charge is 2.16. The minimum absolute atomic E-state index is 0.149. The molecule has 0 saturated carbocycles. The van der Waals surface area contributed by atoms with E-state index in [-0.39, 0.29) is 4.83 Å². The lowest BCUT2D eigenvalue weighted by Gasteiger charge is -2.13. The molecule has 0 spiro atoms. The van der Waals surface area contributed by atoms with Crippen molar-refractivity contribution in [2.45, 2.75) is 25.6 Å². The normalized spacial score (nSPS) is 12.8. The zero-order valence-electron chi connectivity index (χ0n) is 10.1. The fourth-order valence-electron chi connectivity index (χ4n) is 1.85. The van der Waals surface area contributed by atoms with Gasteiger partial charge >= 0.3 is 0 Å². The fourth-order valence-corrected chi connectivity index (χ4v) is 2.80. The van der Waals surface area contributed by atoms with Crippen LogP contribution in [0, 0.1) is 20.8 Å². The SMILES string of the molecule is Cc1cc(C(Br)c2cc(C)c(Cl)cc2C)co1. The second-order valence-electron chi connectivity index (χ2n) is 4.31. The van der Waals surface area contributed by atoms with Gasteiger partial charge in [-0.2, -0.15) is 0 Å². The first kappa shape index (κ1) is 12.7. The Morgan fingerprint density at radius 1 is 1.12 bits per heavy atom. The van der Waals surface area contributed by atoms with Gasteiger partial charge in [-0.3, -0.25) is 0 Å². The van der Waals surface area contributed by atoms with Crippen molar-refractivity contribution in [3.63, 3.8) is 0 Å². The summed E-state index contributed by atoms with van der Waals surface area (Å²) in [6.07, 6.45) is 1.79. The van der Waals surface area contributed by atoms with Gasteiger partial charge < -0.3 is 4.42 Å². The van der Waals surface area contributed by atoms with Crippen LogP contribution in [0.15, 0.2) is 28.9 Å². The summed E-state index contributed by atoms with van der Waals surface area (Å²) < 4.78 is 5.34. The Labute approximate surface area is 115 Å². The van der Waals surface area contributed by atoms with Crippen LogP contribution in [-0.4, -0.2) is 0 Å². The minimum Gasteiger partial charge on any atom is -0.469 e. The van der Waals surface area contributed by atoms with Crippen molar-refractivity contribution in [3.8, 4) is 0 Å². The molecule has 1 nitrogen and oxygen atoms in total. The molecule has 0 aliphatic carbocycles. The lowest BCUT2D eigenvalue weighted by Crippen LogP contribution is -1.96. The maximum absolute atomic E-state index is 6.11. The van der Waals surface area contributed by atoms with E-state index in [9.17, 15) is 0 Å². The largest absolute Gasteiger partial charge is 0.469 e. The van der Waals surface area contributed by atoms with Gasteiger partial charge in [-0.05, 0) is 49.6 Å². The van der Waals surface area contributed by atoms with Gasteiger partial charge in [0, 0.05) is 10.6 Å². The van der Waals surface area contributed by atoms with Gasteiger partial charge in [0.1, 0.15) is 5.76 Å². The molecule has 17 heavy (non-hydrogen) atoms. The van der Waals surface area contributed by atoms with Crippen LogP contribution in [0.25, 0.3) is 0 Å². The van der Waals surface area contributed by atoms with Crippen LogP contribution in [0.4, 0.5) is 0 Å². The van der Waals surface area contributed by atoms with Gasteiger partial charge in [0.05, 0.1) is 11.1 Å². The smallest absolute Gasteiger partial charge is 0.101 e. The fraction of sp³-hybridized carbons (Fsp3) is 0.286. The minimum atomic E-state index is 0.149. The molecule has 2 rings (SSSR count). The average molecular weight is 314 g/mol. The highest BCUT2D eigenvalue weighted by Crippen LogP contribution is 2.35. The first-order valence-electron chi connectivity index (χ1n) is 5.45. The molecule has 90 valence electrons. The van der Waals surface area contributed by atoms with Crippen LogP contribution >= 0.6 is 27.5 Å². The van der Waals surface area contributed by atoms with Gasteiger partial charge in [0.25, 0.3) is 0 Å². The second-order valence-corrected chi connectivity index (χ2v) is 5.63. The summed E-state index contributed by atoms with van der Waals surface area (Å²) >= 11 is 9.82. The van der Waals surface area contributed by atoms with Crippen LogP contribution in [-0.2, 0) is 0 Å². The Kier molecular flexibility index (Phi) is 3.64. The topological polar surface area (TPSA) is 13.1 Å².